The van der Waals surface area contributed by atoms with Crippen LogP contribution >= 0.6 is 0 Å². The van der Waals surface area contributed by atoms with Crippen LogP contribution in [0.15, 0.2) is 0 Å². The van der Waals surface area contributed by atoms with Gasteiger partial charge in [-0.3, -0.25) is 14.4 Å². The summed E-state index contributed by atoms with van der Waals surface area (Å²) in [4.78, 5) is 34.1. The van der Waals surface area contributed by atoms with Gasteiger partial charge in [0.2, 0.25) is 0 Å². The molecule has 1 fully saturated rings. The zero-order chi connectivity index (χ0) is 17.6. The Morgan fingerprint density at radius 3 is 1.74 bits per heavy atom. The Balaban J connectivity index is 3.16. The van der Waals surface area contributed by atoms with Crippen LogP contribution in [0.1, 0.15) is 20.8 Å². The van der Waals surface area contributed by atoms with Gasteiger partial charge in [0, 0.05) is 35.0 Å². The molecule has 0 aliphatic carbocycles. The lowest BCUT2D eigenvalue weighted by Crippen LogP contribution is -2.62. The van der Waals surface area contributed by atoms with Gasteiger partial charge in [0.05, 0.1) is 6.61 Å². The average molecular weight is 334 g/mol. The first-order valence-corrected chi connectivity index (χ1v) is 6.99. The second-order valence-corrected chi connectivity index (χ2v) is 4.96. The van der Waals surface area contributed by atoms with E-state index < -0.39 is 48.6 Å². The minimum absolute atomic E-state index is 0.0579. The zero-order valence-corrected chi connectivity index (χ0v) is 13.8. The number of carbonyl (C=O) groups excluding carboxylic acids is 3. The Labute approximate surface area is 134 Å². The lowest BCUT2D eigenvalue weighted by atomic mass is 9.98. The van der Waals surface area contributed by atoms with Crippen molar-refractivity contribution in [2.24, 2.45) is 0 Å². The van der Waals surface area contributed by atoms with Gasteiger partial charge < -0.3 is 28.4 Å². The molecule has 23 heavy (non-hydrogen) atoms. The molecule has 0 aromatic rings. The van der Waals surface area contributed by atoms with E-state index in [-0.39, 0.29) is 6.61 Å². The van der Waals surface area contributed by atoms with Crippen LogP contribution in [0.5, 0.6) is 0 Å². The molecular formula is C14H22O9. The van der Waals surface area contributed by atoms with E-state index in [1.54, 1.807) is 0 Å². The van der Waals surface area contributed by atoms with Crippen LogP contribution < -0.4 is 0 Å². The highest BCUT2D eigenvalue weighted by Gasteiger charge is 2.52. The van der Waals surface area contributed by atoms with Crippen molar-refractivity contribution >= 4 is 17.9 Å². The summed E-state index contributed by atoms with van der Waals surface area (Å²) >= 11 is 0. The van der Waals surface area contributed by atoms with Gasteiger partial charge in [0.15, 0.2) is 24.6 Å². The molecule has 0 spiro atoms. The molecule has 5 atom stereocenters. The molecule has 0 saturated carbocycles. The average Bonchev–Trinajstić information content (AvgIpc) is 2.43. The Hall–Kier alpha value is -1.71. The normalized spacial score (nSPS) is 30.4. The highest BCUT2D eigenvalue weighted by molar-refractivity contribution is 5.68. The van der Waals surface area contributed by atoms with Crippen molar-refractivity contribution in [3.8, 4) is 0 Å². The molecule has 9 heteroatoms. The first-order valence-electron chi connectivity index (χ1n) is 6.99. The summed E-state index contributed by atoms with van der Waals surface area (Å²) in [7, 11) is 2.79. The third kappa shape index (κ3) is 5.45. The highest BCUT2D eigenvalue weighted by Crippen LogP contribution is 2.29. The van der Waals surface area contributed by atoms with Crippen molar-refractivity contribution in [2.45, 2.75) is 51.5 Å². The fourth-order valence-corrected chi connectivity index (χ4v) is 2.34. The molecule has 0 N–H and O–H groups in total. The van der Waals surface area contributed by atoms with Gasteiger partial charge in [-0.1, -0.05) is 0 Å². The van der Waals surface area contributed by atoms with E-state index >= 15 is 0 Å². The fraction of sp³-hybridized carbons (Fsp3) is 0.786. The van der Waals surface area contributed by atoms with Crippen molar-refractivity contribution in [3.63, 3.8) is 0 Å². The predicted octanol–water partition coefficient (Wildman–Crippen LogP) is -0.201. The Kier molecular flexibility index (Phi) is 7.40. The fourth-order valence-electron chi connectivity index (χ4n) is 2.34. The third-order valence-corrected chi connectivity index (χ3v) is 3.06. The van der Waals surface area contributed by atoms with Crippen molar-refractivity contribution in [1.82, 2.24) is 0 Å². The molecule has 1 aliphatic heterocycles. The maximum atomic E-state index is 11.4. The van der Waals surface area contributed by atoms with Gasteiger partial charge in [-0.15, -0.1) is 0 Å². The molecule has 0 amide bonds. The molecule has 0 aromatic heterocycles. The van der Waals surface area contributed by atoms with E-state index in [2.05, 4.69) is 0 Å². The predicted molar refractivity (Wildman–Crippen MR) is 74.2 cm³/mol. The van der Waals surface area contributed by atoms with Gasteiger partial charge >= 0.3 is 17.9 Å². The van der Waals surface area contributed by atoms with Crippen molar-refractivity contribution in [2.75, 3.05) is 20.8 Å². The van der Waals surface area contributed by atoms with Crippen LogP contribution in [0.2, 0.25) is 0 Å². The van der Waals surface area contributed by atoms with E-state index in [9.17, 15) is 14.4 Å². The summed E-state index contributed by atoms with van der Waals surface area (Å²) in [6.45, 7) is 3.65. The summed E-state index contributed by atoms with van der Waals surface area (Å²) in [6.07, 6.45) is -4.94. The van der Waals surface area contributed by atoms with Gasteiger partial charge in [-0.2, -0.15) is 0 Å². The molecule has 0 unspecified atom stereocenters. The number of ether oxygens (including phenoxy) is 6. The Morgan fingerprint density at radius 1 is 0.826 bits per heavy atom. The number of esters is 3. The standard InChI is InChI=1S/C14H22O9/c1-7(15)20-11-10(6-18-4)23-14(19-5)13(22-9(3)17)12(11)21-8(2)16/h10-14H,6H2,1-5H3/t10-,11-,12+,13+,14+/m1/s1. The molecule has 1 aliphatic rings. The lowest BCUT2D eigenvalue weighted by molar-refractivity contribution is -0.302. The monoisotopic (exact) mass is 334 g/mol. The summed E-state index contributed by atoms with van der Waals surface area (Å²) < 4.78 is 31.4. The summed E-state index contributed by atoms with van der Waals surface area (Å²) in [5.74, 6) is -1.85. The van der Waals surface area contributed by atoms with Gasteiger partial charge in [-0.05, 0) is 0 Å². The maximum Gasteiger partial charge on any atom is 0.303 e. The van der Waals surface area contributed by atoms with E-state index in [0.29, 0.717) is 0 Å². The zero-order valence-electron chi connectivity index (χ0n) is 13.8. The minimum atomic E-state index is -1.08. The van der Waals surface area contributed by atoms with Gasteiger partial charge in [0.1, 0.15) is 6.10 Å². The number of hydrogen-bond acceptors (Lipinski definition) is 9. The van der Waals surface area contributed by atoms with E-state index in [1.165, 1.54) is 35.0 Å². The van der Waals surface area contributed by atoms with Crippen molar-refractivity contribution < 1.29 is 42.8 Å². The van der Waals surface area contributed by atoms with Crippen LogP contribution in [0.25, 0.3) is 0 Å². The second kappa shape index (κ2) is 8.80. The molecule has 0 bridgehead atoms. The highest BCUT2D eigenvalue weighted by atomic mass is 16.7. The molecule has 1 saturated heterocycles. The summed E-state index contributed by atoms with van der Waals surface area (Å²) in [5.41, 5.74) is 0. The Bertz CT molecular complexity index is 436. The second-order valence-electron chi connectivity index (χ2n) is 4.96. The Morgan fingerprint density at radius 2 is 1.30 bits per heavy atom. The summed E-state index contributed by atoms with van der Waals surface area (Å²) in [6, 6.07) is 0. The number of rotatable bonds is 6. The van der Waals surface area contributed by atoms with Crippen molar-refractivity contribution in [3.05, 3.63) is 0 Å². The van der Waals surface area contributed by atoms with E-state index in [1.807, 2.05) is 0 Å². The molecular weight excluding hydrogens is 312 g/mol. The number of carbonyl (C=O) groups is 3. The molecule has 132 valence electrons. The first-order chi connectivity index (χ1) is 10.8. The van der Waals surface area contributed by atoms with Crippen LogP contribution in [-0.2, 0) is 42.8 Å². The lowest BCUT2D eigenvalue weighted by Gasteiger charge is -2.43. The van der Waals surface area contributed by atoms with Crippen LogP contribution in [-0.4, -0.2) is 69.4 Å². The largest absolute Gasteiger partial charge is 0.456 e. The minimum Gasteiger partial charge on any atom is -0.456 e. The topological polar surface area (TPSA) is 107 Å². The van der Waals surface area contributed by atoms with Crippen LogP contribution in [0, 0.1) is 0 Å². The SMILES string of the molecule is COC[C@H]1O[C@H](OC)[C@@H](OC(C)=O)[C@@H](OC(C)=O)[C@@H]1OC(C)=O. The maximum absolute atomic E-state index is 11.4. The number of methoxy groups -OCH3 is 2. The smallest absolute Gasteiger partial charge is 0.303 e. The molecule has 0 aromatic carbocycles. The molecule has 9 nitrogen and oxygen atoms in total. The quantitative estimate of drug-likeness (QED) is 0.482. The van der Waals surface area contributed by atoms with Crippen LogP contribution in [0.3, 0.4) is 0 Å². The summed E-state index contributed by atoms with van der Waals surface area (Å²) in [5, 5.41) is 0. The van der Waals surface area contributed by atoms with Gasteiger partial charge in [-0.25, -0.2) is 0 Å². The van der Waals surface area contributed by atoms with E-state index in [4.69, 9.17) is 28.4 Å². The van der Waals surface area contributed by atoms with Crippen LogP contribution in [0.4, 0.5) is 0 Å². The molecule has 1 rings (SSSR count). The number of hydrogen-bond donors (Lipinski definition) is 0. The molecule has 0 radical (unpaired) electrons. The third-order valence-electron chi connectivity index (χ3n) is 3.06. The molecule has 1 heterocycles. The van der Waals surface area contributed by atoms with E-state index in [0.717, 1.165) is 0 Å². The van der Waals surface area contributed by atoms with Crippen molar-refractivity contribution in [1.29, 1.82) is 0 Å². The van der Waals surface area contributed by atoms with Gasteiger partial charge in [0.25, 0.3) is 0 Å². The first kappa shape index (κ1) is 19.3.